The van der Waals surface area contributed by atoms with Gasteiger partial charge in [0.15, 0.2) is 24.4 Å². The van der Waals surface area contributed by atoms with Crippen LogP contribution in [0.25, 0.3) is 0 Å². The van der Waals surface area contributed by atoms with E-state index < -0.39 is 145 Å². The van der Waals surface area contributed by atoms with Gasteiger partial charge in [-0.25, -0.2) is 29.6 Å². The van der Waals surface area contributed by atoms with E-state index in [1.165, 1.54) is 36.3 Å². The number of amides is 8. The van der Waals surface area contributed by atoms with E-state index in [2.05, 4.69) is 42.4 Å². The third-order valence-corrected chi connectivity index (χ3v) is 21.1. The summed E-state index contributed by atoms with van der Waals surface area (Å²) in [5, 5.41) is 53.3. The summed E-state index contributed by atoms with van der Waals surface area (Å²) < 4.78 is 16.9. The maximum absolute atomic E-state index is 15.1. The van der Waals surface area contributed by atoms with E-state index in [0.29, 0.717) is 30.4 Å². The van der Waals surface area contributed by atoms with Gasteiger partial charge in [0.05, 0.1) is 18.5 Å². The van der Waals surface area contributed by atoms with Crippen molar-refractivity contribution in [3.8, 4) is 5.75 Å². The molecule has 1 aliphatic rings. The van der Waals surface area contributed by atoms with Gasteiger partial charge >= 0.3 is 42.0 Å². The number of carboxylic acids is 3. The molecule has 1 aliphatic heterocycles. The van der Waals surface area contributed by atoms with Crippen LogP contribution in [-0.4, -0.2) is 200 Å². The first-order valence-electron chi connectivity index (χ1n) is 35.5. The quantitative estimate of drug-likeness (QED) is 0.00684. The van der Waals surface area contributed by atoms with Gasteiger partial charge in [0.2, 0.25) is 23.6 Å². The van der Waals surface area contributed by atoms with Gasteiger partial charge in [-0.1, -0.05) is 118 Å². The van der Waals surface area contributed by atoms with Crippen molar-refractivity contribution in [1.82, 2.24) is 52.2 Å². The molecule has 1 unspecified atom stereocenters. The zero-order valence-corrected chi connectivity index (χ0v) is 64.0. The normalized spacial score (nSPS) is 15.7. The van der Waals surface area contributed by atoms with Crippen molar-refractivity contribution < 1.29 is 102 Å². The number of carbonyl (C=O) groups excluding carboxylic acids is 11. The van der Waals surface area contributed by atoms with Gasteiger partial charge in [-0.2, -0.15) is 0 Å². The van der Waals surface area contributed by atoms with Crippen molar-refractivity contribution in [2.24, 2.45) is 29.6 Å². The number of hydrazine groups is 1. The Bertz CT molecular complexity index is 3420. The first kappa shape index (κ1) is 89.5. The number of hydrogen-bond acceptors (Lipinski definition) is 23. The van der Waals surface area contributed by atoms with Crippen LogP contribution in [0.4, 0.5) is 9.59 Å². The van der Waals surface area contributed by atoms with Crippen molar-refractivity contribution in [3.05, 3.63) is 81.8 Å². The molecule has 0 radical (unpaired) electrons. The number of likely N-dealkylation sites (N-methyl/N-ethyl adjacent to an activating group) is 1. The lowest BCUT2D eigenvalue weighted by atomic mass is 9.82. The number of urea groups is 1. The molecule has 0 spiro atoms. The molecular formula is C72H104N10O21S3. The number of likely N-dealkylation sites (tertiary alicyclic amines) is 1. The number of aliphatic carboxylic acids is 3. The molecule has 4 rings (SSSR count). The molecule has 2 aromatic carbocycles. The van der Waals surface area contributed by atoms with E-state index >= 15 is 4.79 Å². The number of aromatic nitrogens is 1. The summed E-state index contributed by atoms with van der Waals surface area (Å²) in [5.74, 6) is -12.8. The van der Waals surface area contributed by atoms with Crippen LogP contribution in [0.1, 0.15) is 178 Å². The van der Waals surface area contributed by atoms with Gasteiger partial charge in [-0.15, -0.1) is 11.3 Å². The summed E-state index contributed by atoms with van der Waals surface area (Å²) in [6.45, 7) is 13.5. The standard InChI is InChI=1S/C72H104N10O21S3/c1-10-19-63(90)102-41-82(68(94)52(43(5)11-2)36-60(87)57-23-16-18-29-81(57)9)58(42(3)4)38-61(103-46(8)84)67-77-55(39-104-67)66(93)75-50(34-48-24-26-51(85)27-25-48)32-44(6)64(91)79-80-72(100)101-30-31-105-106-40-56(70(97)98)76-65(92)49(33-47-20-13-12-14-21-47)35-59(86)54(37-62(88)89)78-71(99)73-28-17-15-22-53(69(95)96)74-45(7)83/h12-14,20-21,24-27,39,42-44,49-50,52-54,56-58,61,85H,10-11,15-19,22-23,28-38,40-41H2,1-9H3,(H,74,83)(H,75,93)(H,76,92)(H,79,91)(H,80,100)(H,88,89)(H,95,96)(H,97,98)(H2,73,78,99)/t43?,44-,49+,50+,52-,53-,54-,56-,57+,58+,61+/m0/s1. The highest BCUT2D eigenvalue weighted by Gasteiger charge is 2.41. The molecule has 0 saturated carbocycles. The Morgan fingerprint density at radius 2 is 1.43 bits per heavy atom. The van der Waals surface area contributed by atoms with Crippen molar-refractivity contribution in [2.75, 3.05) is 45.0 Å². The van der Waals surface area contributed by atoms with E-state index in [1.807, 2.05) is 46.6 Å². The number of nitrogens with zero attached hydrogens (tertiary/aromatic N) is 3. The minimum atomic E-state index is -1.61. The summed E-state index contributed by atoms with van der Waals surface area (Å²) in [6.07, 6.45) is 0.771. The Morgan fingerprint density at radius 3 is 2.06 bits per heavy atom. The van der Waals surface area contributed by atoms with Crippen LogP contribution in [0.2, 0.25) is 0 Å². The lowest BCUT2D eigenvalue weighted by molar-refractivity contribution is -0.162. The maximum Gasteiger partial charge on any atom is 0.426 e. The fraction of sp³-hybridized carbons (Fsp3) is 0.597. The molecular weight excluding hydrogens is 1440 g/mol. The minimum absolute atomic E-state index is 0.00169. The number of phenols is 1. The highest BCUT2D eigenvalue weighted by atomic mass is 33.1. The first-order chi connectivity index (χ1) is 50.3. The lowest BCUT2D eigenvalue weighted by Crippen LogP contribution is -2.50. The molecule has 586 valence electrons. The molecule has 1 aromatic heterocycles. The molecule has 11 atom stereocenters. The Hall–Kier alpha value is -8.89. The van der Waals surface area contributed by atoms with Crippen LogP contribution in [0, 0.1) is 29.6 Å². The smallest absolute Gasteiger partial charge is 0.426 e. The number of hydrogen-bond donors (Lipinski definition) is 11. The summed E-state index contributed by atoms with van der Waals surface area (Å²) in [5.41, 5.74) is 5.70. The molecule has 1 saturated heterocycles. The number of rotatable bonds is 47. The first-order valence-corrected chi connectivity index (χ1v) is 38.9. The number of Topliss-reactive ketones (excluding diaryl/α,β-unsaturated/α-hetero) is 2. The number of ketones is 2. The van der Waals surface area contributed by atoms with E-state index in [9.17, 15) is 82.8 Å². The van der Waals surface area contributed by atoms with Crippen molar-refractivity contribution in [3.63, 3.8) is 0 Å². The number of piperidine rings is 1. The average molecular weight is 1540 g/mol. The van der Waals surface area contributed by atoms with Gasteiger partial charge in [0.1, 0.15) is 35.1 Å². The molecule has 8 amide bonds. The molecule has 2 heterocycles. The Kier molecular flexibility index (Phi) is 39.6. The van der Waals surface area contributed by atoms with Crippen LogP contribution in [0.3, 0.4) is 0 Å². The average Bonchev–Trinajstić information content (AvgIpc) is 1.26. The predicted octanol–water partition coefficient (Wildman–Crippen LogP) is 6.90. The van der Waals surface area contributed by atoms with E-state index in [4.69, 9.17) is 14.2 Å². The molecule has 0 aliphatic carbocycles. The number of aromatic hydroxyl groups is 1. The number of phenolic OH excluding ortho intramolecular Hbond substituents is 1. The van der Waals surface area contributed by atoms with Crippen LogP contribution >= 0.6 is 32.9 Å². The second-order valence-electron chi connectivity index (χ2n) is 26.7. The molecule has 31 nitrogen and oxygen atoms in total. The Labute approximate surface area is 629 Å². The molecule has 106 heavy (non-hydrogen) atoms. The van der Waals surface area contributed by atoms with Gasteiger partial charge < -0.3 is 66.1 Å². The molecule has 11 N–H and O–H groups in total. The van der Waals surface area contributed by atoms with Gasteiger partial charge in [0.25, 0.3) is 5.91 Å². The Morgan fingerprint density at radius 1 is 0.745 bits per heavy atom. The summed E-state index contributed by atoms with van der Waals surface area (Å²) in [6, 6.07) is 7.63. The maximum atomic E-state index is 15.1. The number of carboxylic acid groups (broad SMARTS) is 3. The zero-order chi connectivity index (χ0) is 78.6. The van der Waals surface area contributed by atoms with Crippen molar-refractivity contribution in [2.45, 2.75) is 200 Å². The number of ether oxygens (including phenoxy) is 3. The topological polar surface area (TPSA) is 451 Å². The van der Waals surface area contributed by atoms with E-state index in [1.54, 1.807) is 49.4 Å². The molecule has 3 aromatic rings. The monoisotopic (exact) mass is 1540 g/mol. The molecule has 0 bridgehead atoms. The number of benzene rings is 2. The predicted molar refractivity (Wildman–Crippen MR) is 394 cm³/mol. The highest BCUT2D eigenvalue weighted by molar-refractivity contribution is 8.76. The largest absolute Gasteiger partial charge is 0.508 e. The summed E-state index contributed by atoms with van der Waals surface area (Å²) in [7, 11) is 4.00. The van der Waals surface area contributed by atoms with Crippen LogP contribution in [0.15, 0.2) is 60.0 Å². The SMILES string of the molecule is CCCC(=O)OCN(C(=O)[C@@H](CC(=O)[C@H]1CCCCN1C)C(C)CC)[C@H](C[C@@H](OC(C)=O)c1nc(C(=O)N[C@@H](Cc2ccc(O)cc2)C[C@H](C)C(=O)NNC(=O)OCCSSC[C@H](NC(=O)[C@@H](CC(=O)[C@H](CC(=O)O)NC(=O)NCCCC[C@H](NC(C)=O)C(=O)O)Cc2ccccc2)C(=O)O)cs1)C(C)C. The summed E-state index contributed by atoms with van der Waals surface area (Å²) >= 11 is 1.04. The second kappa shape index (κ2) is 46.9. The van der Waals surface area contributed by atoms with Crippen molar-refractivity contribution in [1.29, 1.82) is 0 Å². The van der Waals surface area contributed by atoms with Crippen molar-refractivity contribution >= 4 is 116 Å². The van der Waals surface area contributed by atoms with Gasteiger partial charge in [-0.3, -0.25) is 58.3 Å². The fourth-order valence-corrected chi connectivity index (χ4v) is 14.7. The Balaban J connectivity index is 1.37. The van der Waals surface area contributed by atoms with Gasteiger partial charge in [-0.05, 0) is 106 Å². The van der Waals surface area contributed by atoms with Crippen LogP contribution < -0.4 is 37.4 Å². The second-order valence-corrected chi connectivity index (χ2v) is 30.2. The number of carbonyl (C=O) groups is 14. The summed E-state index contributed by atoms with van der Waals surface area (Å²) in [4.78, 5) is 191. The van der Waals surface area contributed by atoms with Crippen LogP contribution in [-0.2, 0) is 79.8 Å². The van der Waals surface area contributed by atoms with E-state index in [0.717, 1.165) is 52.3 Å². The van der Waals surface area contributed by atoms with Crippen LogP contribution in [0.5, 0.6) is 5.75 Å². The lowest BCUT2D eigenvalue weighted by Gasteiger charge is -2.39. The number of nitrogens with one attached hydrogen (secondary N) is 7. The number of esters is 2. The zero-order valence-electron chi connectivity index (χ0n) is 61.6. The molecule has 1 fully saturated rings. The van der Waals surface area contributed by atoms with E-state index in [-0.39, 0.29) is 128 Å². The third-order valence-electron chi connectivity index (χ3n) is 17.8. The van der Waals surface area contributed by atoms with Gasteiger partial charge in [0, 0.05) is 92.8 Å². The third kappa shape index (κ3) is 32.5. The highest BCUT2D eigenvalue weighted by Crippen LogP contribution is 2.34. The fourth-order valence-electron chi connectivity index (χ4n) is 11.9. The molecule has 34 heteroatoms. The number of unbranched alkanes of at least 4 members (excludes halogenated alkanes) is 1. The minimum Gasteiger partial charge on any atom is -0.508 e. The number of thiazole rings is 1.